The van der Waals surface area contributed by atoms with E-state index in [1.807, 2.05) is 30.3 Å². The Hall–Kier alpha value is -2.94. The van der Waals surface area contributed by atoms with Gasteiger partial charge in [-0.25, -0.2) is 0 Å². The van der Waals surface area contributed by atoms with Crippen molar-refractivity contribution in [2.24, 2.45) is 5.73 Å². The Morgan fingerprint density at radius 3 is 1.95 bits per heavy atom. The first-order chi connectivity index (χ1) is 10.2. The number of amides is 1. The Morgan fingerprint density at radius 1 is 0.762 bits per heavy atom. The van der Waals surface area contributed by atoms with Gasteiger partial charge >= 0.3 is 0 Å². The fraction of sp³-hybridized carbons (Fsp3) is 0. The van der Waals surface area contributed by atoms with Crippen molar-refractivity contribution in [3.63, 3.8) is 0 Å². The molecule has 1 heterocycles. The van der Waals surface area contributed by atoms with E-state index in [0.29, 0.717) is 5.56 Å². The summed E-state index contributed by atoms with van der Waals surface area (Å²) in [5.74, 6) is -0.464. The second-order valence-corrected chi connectivity index (χ2v) is 4.74. The van der Waals surface area contributed by atoms with Gasteiger partial charge in [0.1, 0.15) is 0 Å². The van der Waals surface area contributed by atoms with Crippen molar-refractivity contribution in [2.45, 2.75) is 0 Å². The Balaban J connectivity index is 1.89. The first-order valence-electron chi connectivity index (χ1n) is 6.66. The van der Waals surface area contributed by atoms with Crippen LogP contribution in [0.5, 0.6) is 0 Å². The van der Waals surface area contributed by atoms with Crippen molar-refractivity contribution in [2.75, 3.05) is 0 Å². The Labute approximate surface area is 123 Å². The fourth-order valence-electron chi connectivity index (χ4n) is 2.17. The molecular weight excluding hydrogens is 260 g/mol. The van der Waals surface area contributed by atoms with Crippen molar-refractivity contribution in [3.8, 4) is 22.4 Å². The first kappa shape index (κ1) is 13.1. The third-order valence-electron chi connectivity index (χ3n) is 3.34. The van der Waals surface area contributed by atoms with E-state index in [1.54, 1.807) is 12.1 Å². The fourth-order valence-corrected chi connectivity index (χ4v) is 2.17. The standard InChI is InChI=1S/C18H14N2O/c19-18(21)16-10-11-17(20-12-16)15-8-6-14(7-9-15)13-4-2-1-3-5-13/h1-12H,(H2,19,21). The molecule has 2 aromatic carbocycles. The van der Waals surface area contributed by atoms with Crippen LogP contribution in [0.3, 0.4) is 0 Å². The van der Waals surface area contributed by atoms with Gasteiger partial charge in [-0.15, -0.1) is 0 Å². The zero-order valence-corrected chi connectivity index (χ0v) is 11.4. The Bertz CT molecular complexity index is 747. The van der Waals surface area contributed by atoms with Crippen molar-refractivity contribution in [1.29, 1.82) is 0 Å². The lowest BCUT2D eigenvalue weighted by atomic mass is 10.0. The van der Waals surface area contributed by atoms with E-state index in [0.717, 1.165) is 16.8 Å². The molecule has 3 heteroatoms. The number of carbonyl (C=O) groups excluding carboxylic acids is 1. The number of nitrogens with two attached hydrogens (primary N) is 1. The summed E-state index contributed by atoms with van der Waals surface area (Å²) < 4.78 is 0. The van der Waals surface area contributed by atoms with Gasteiger partial charge in [-0.3, -0.25) is 9.78 Å². The first-order valence-corrected chi connectivity index (χ1v) is 6.66. The summed E-state index contributed by atoms with van der Waals surface area (Å²) in [5, 5.41) is 0. The average molecular weight is 274 g/mol. The van der Waals surface area contributed by atoms with Gasteiger partial charge in [0.2, 0.25) is 5.91 Å². The third-order valence-corrected chi connectivity index (χ3v) is 3.34. The summed E-state index contributed by atoms with van der Waals surface area (Å²) in [5.41, 5.74) is 9.79. The van der Waals surface area contributed by atoms with Crippen LogP contribution in [0.15, 0.2) is 72.9 Å². The molecule has 0 aliphatic heterocycles. The van der Waals surface area contributed by atoms with Crippen molar-refractivity contribution >= 4 is 5.91 Å². The molecule has 0 fully saturated rings. The monoisotopic (exact) mass is 274 g/mol. The molecule has 102 valence electrons. The highest BCUT2D eigenvalue weighted by Crippen LogP contribution is 2.23. The van der Waals surface area contributed by atoms with Crippen LogP contribution in [0.1, 0.15) is 10.4 Å². The van der Waals surface area contributed by atoms with E-state index >= 15 is 0 Å². The molecule has 3 rings (SSSR count). The summed E-state index contributed by atoms with van der Waals surface area (Å²) in [6.07, 6.45) is 1.50. The Kier molecular flexibility index (Phi) is 3.48. The van der Waals surface area contributed by atoms with Crippen molar-refractivity contribution in [1.82, 2.24) is 4.98 Å². The van der Waals surface area contributed by atoms with Crippen molar-refractivity contribution in [3.05, 3.63) is 78.5 Å². The maximum Gasteiger partial charge on any atom is 0.250 e. The molecule has 1 amide bonds. The minimum Gasteiger partial charge on any atom is -0.366 e. The zero-order valence-electron chi connectivity index (χ0n) is 11.4. The molecule has 0 radical (unpaired) electrons. The highest BCUT2D eigenvalue weighted by Gasteiger charge is 2.03. The number of hydrogen-bond acceptors (Lipinski definition) is 2. The molecule has 0 atom stereocenters. The smallest absolute Gasteiger partial charge is 0.250 e. The molecule has 0 saturated heterocycles. The molecule has 1 aromatic heterocycles. The molecule has 0 aliphatic rings. The van der Waals surface area contributed by atoms with Crippen LogP contribution in [0.25, 0.3) is 22.4 Å². The van der Waals surface area contributed by atoms with Crippen molar-refractivity contribution < 1.29 is 4.79 Å². The van der Waals surface area contributed by atoms with Gasteiger partial charge in [0.05, 0.1) is 11.3 Å². The van der Waals surface area contributed by atoms with E-state index in [-0.39, 0.29) is 0 Å². The summed E-state index contributed by atoms with van der Waals surface area (Å²) in [6, 6.07) is 21.9. The maximum atomic E-state index is 11.0. The van der Waals surface area contributed by atoms with Gasteiger partial charge in [0, 0.05) is 11.8 Å². The summed E-state index contributed by atoms with van der Waals surface area (Å²) >= 11 is 0. The minimum atomic E-state index is -0.464. The van der Waals surface area contributed by atoms with Gasteiger partial charge in [0.15, 0.2) is 0 Å². The predicted octanol–water partition coefficient (Wildman–Crippen LogP) is 3.51. The quantitative estimate of drug-likeness (QED) is 0.794. The van der Waals surface area contributed by atoms with Gasteiger partial charge in [-0.2, -0.15) is 0 Å². The van der Waals surface area contributed by atoms with E-state index in [9.17, 15) is 4.79 Å². The van der Waals surface area contributed by atoms with Gasteiger partial charge < -0.3 is 5.73 Å². The lowest BCUT2D eigenvalue weighted by molar-refractivity contribution is 0.1000. The molecule has 0 saturated carbocycles. The van der Waals surface area contributed by atoms with Crippen LogP contribution in [-0.2, 0) is 0 Å². The zero-order chi connectivity index (χ0) is 14.7. The molecule has 0 spiro atoms. The number of nitrogens with zero attached hydrogens (tertiary/aromatic N) is 1. The molecule has 0 unspecified atom stereocenters. The molecule has 0 aliphatic carbocycles. The number of benzene rings is 2. The number of primary amides is 1. The number of aromatic nitrogens is 1. The van der Waals surface area contributed by atoms with Crippen LogP contribution in [0.4, 0.5) is 0 Å². The van der Waals surface area contributed by atoms with Crippen LogP contribution in [-0.4, -0.2) is 10.9 Å². The van der Waals surface area contributed by atoms with E-state index in [4.69, 9.17) is 5.73 Å². The van der Waals surface area contributed by atoms with Crippen LogP contribution >= 0.6 is 0 Å². The maximum absolute atomic E-state index is 11.0. The molecule has 21 heavy (non-hydrogen) atoms. The minimum absolute atomic E-state index is 0.416. The van der Waals surface area contributed by atoms with Crippen LogP contribution in [0.2, 0.25) is 0 Å². The number of rotatable bonds is 3. The largest absolute Gasteiger partial charge is 0.366 e. The van der Waals surface area contributed by atoms with E-state index in [2.05, 4.69) is 29.2 Å². The summed E-state index contributed by atoms with van der Waals surface area (Å²) in [7, 11) is 0. The number of carbonyl (C=O) groups is 1. The van der Waals surface area contributed by atoms with Crippen LogP contribution in [0, 0.1) is 0 Å². The van der Waals surface area contributed by atoms with Gasteiger partial charge in [-0.05, 0) is 23.3 Å². The molecule has 3 nitrogen and oxygen atoms in total. The second kappa shape index (κ2) is 5.59. The lowest BCUT2D eigenvalue weighted by Crippen LogP contribution is -2.10. The highest BCUT2D eigenvalue weighted by molar-refractivity contribution is 5.92. The number of hydrogen-bond donors (Lipinski definition) is 1. The van der Waals surface area contributed by atoms with Gasteiger partial charge in [0.25, 0.3) is 0 Å². The molecule has 3 aromatic rings. The highest BCUT2D eigenvalue weighted by atomic mass is 16.1. The summed E-state index contributed by atoms with van der Waals surface area (Å²) in [6.45, 7) is 0. The SMILES string of the molecule is NC(=O)c1ccc(-c2ccc(-c3ccccc3)cc2)nc1. The van der Waals surface area contributed by atoms with E-state index in [1.165, 1.54) is 11.8 Å². The van der Waals surface area contributed by atoms with Gasteiger partial charge in [-0.1, -0.05) is 54.6 Å². The molecule has 0 bridgehead atoms. The number of pyridine rings is 1. The van der Waals surface area contributed by atoms with E-state index < -0.39 is 5.91 Å². The lowest BCUT2D eigenvalue weighted by Gasteiger charge is -2.05. The summed E-state index contributed by atoms with van der Waals surface area (Å²) in [4.78, 5) is 15.3. The predicted molar refractivity (Wildman–Crippen MR) is 83.6 cm³/mol. The van der Waals surface area contributed by atoms with Crippen LogP contribution < -0.4 is 5.73 Å². The topological polar surface area (TPSA) is 56.0 Å². The average Bonchev–Trinajstić information content (AvgIpc) is 2.56. The normalized spacial score (nSPS) is 10.3. The third kappa shape index (κ3) is 2.82. The Morgan fingerprint density at radius 2 is 1.38 bits per heavy atom. The molecule has 2 N–H and O–H groups in total. The second-order valence-electron chi connectivity index (χ2n) is 4.74. The molecular formula is C18H14N2O.